The Hall–Kier alpha value is -0.620. The lowest BCUT2D eigenvalue weighted by atomic mass is 10.0. The molecule has 1 unspecified atom stereocenters. The van der Waals surface area contributed by atoms with Crippen molar-refractivity contribution in [2.24, 2.45) is 5.92 Å². The second kappa shape index (κ2) is 6.02. The Morgan fingerprint density at radius 2 is 2.15 bits per heavy atom. The number of rotatable bonds is 4. The molecule has 1 fully saturated rings. The number of aliphatic hydroxyl groups is 1. The maximum absolute atomic E-state index is 12.8. The summed E-state index contributed by atoms with van der Waals surface area (Å²) in [6.07, 6.45) is 1.76. The summed E-state index contributed by atoms with van der Waals surface area (Å²) in [5.74, 6) is 0.270. The summed E-state index contributed by atoms with van der Waals surface area (Å²) in [5.41, 5.74) is 0.549. The molecule has 6 heteroatoms. The molecule has 1 saturated heterocycles. The van der Waals surface area contributed by atoms with Crippen molar-refractivity contribution >= 4 is 21.6 Å². The zero-order chi connectivity index (χ0) is 14.9. The standard InChI is InChI=1S/C14H20ClNO3S/c1-10(2)13-4-3-7-16(13)20(18,19)14-8-11(9-17)5-6-12(14)15/h5-6,8,10,13,17H,3-4,7,9H2,1-2H3. The lowest BCUT2D eigenvalue weighted by molar-refractivity contribution is 0.281. The summed E-state index contributed by atoms with van der Waals surface area (Å²) in [5, 5.41) is 9.38. The third-order valence-electron chi connectivity index (χ3n) is 3.78. The van der Waals surface area contributed by atoms with Gasteiger partial charge in [0.2, 0.25) is 10.0 Å². The number of benzene rings is 1. The van der Waals surface area contributed by atoms with Gasteiger partial charge in [0.15, 0.2) is 0 Å². The van der Waals surface area contributed by atoms with E-state index >= 15 is 0 Å². The van der Waals surface area contributed by atoms with Crippen molar-refractivity contribution in [1.82, 2.24) is 4.31 Å². The predicted molar refractivity (Wildman–Crippen MR) is 79.1 cm³/mol. The van der Waals surface area contributed by atoms with E-state index < -0.39 is 10.0 Å². The van der Waals surface area contributed by atoms with Crippen LogP contribution in [0.15, 0.2) is 23.1 Å². The molecule has 1 N–H and O–H groups in total. The summed E-state index contributed by atoms with van der Waals surface area (Å²) >= 11 is 6.06. The molecular weight excluding hydrogens is 298 g/mol. The highest BCUT2D eigenvalue weighted by molar-refractivity contribution is 7.89. The molecule has 20 heavy (non-hydrogen) atoms. The Labute approximate surface area is 125 Å². The van der Waals surface area contributed by atoms with Gasteiger partial charge >= 0.3 is 0 Å². The molecule has 0 radical (unpaired) electrons. The maximum atomic E-state index is 12.8. The average Bonchev–Trinajstić information content (AvgIpc) is 2.89. The lowest BCUT2D eigenvalue weighted by Crippen LogP contribution is -2.38. The smallest absolute Gasteiger partial charge is 0.244 e. The molecule has 2 rings (SSSR count). The molecule has 1 aliphatic heterocycles. The molecule has 0 amide bonds. The number of hydrogen-bond acceptors (Lipinski definition) is 3. The van der Waals surface area contributed by atoms with Gasteiger partial charge in [-0.2, -0.15) is 4.31 Å². The number of sulfonamides is 1. The van der Waals surface area contributed by atoms with E-state index in [2.05, 4.69) is 0 Å². The van der Waals surface area contributed by atoms with E-state index in [0.717, 1.165) is 12.8 Å². The fourth-order valence-electron chi connectivity index (χ4n) is 2.70. The van der Waals surface area contributed by atoms with Gasteiger partial charge < -0.3 is 5.11 Å². The summed E-state index contributed by atoms with van der Waals surface area (Å²) in [6, 6.07) is 4.65. The van der Waals surface area contributed by atoms with Crippen molar-refractivity contribution in [2.45, 2.75) is 44.2 Å². The second-order valence-electron chi connectivity index (χ2n) is 5.49. The van der Waals surface area contributed by atoms with Crippen LogP contribution in [0.5, 0.6) is 0 Å². The van der Waals surface area contributed by atoms with Gasteiger partial charge in [-0.25, -0.2) is 8.42 Å². The lowest BCUT2D eigenvalue weighted by Gasteiger charge is -2.27. The molecule has 0 spiro atoms. The predicted octanol–water partition coefficient (Wildman–Crippen LogP) is 2.64. The van der Waals surface area contributed by atoms with Crippen LogP contribution >= 0.6 is 11.6 Å². The molecule has 1 aromatic rings. The Morgan fingerprint density at radius 3 is 2.75 bits per heavy atom. The number of nitrogens with zero attached hydrogens (tertiary/aromatic N) is 1. The first-order chi connectivity index (χ1) is 9.37. The van der Waals surface area contributed by atoms with Gasteiger partial charge in [-0.05, 0) is 36.5 Å². The summed E-state index contributed by atoms with van der Waals surface area (Å²) < 4.78 is 27.2. The SMILES string of the molecule is CC(C)C1CCCN1S(=O)(=O)c1cc(CO)ccc1Cl. The molecule has 4 nitrogen and oxygen atoms in total. The van der Waals surface area contributed by atoms with Crippen LogP contribution in [0.2, 0.25) is 5.02 Å². The van der Waals surface area contributed by atoms with Crippen molar-refractivity contribution in [2.75, 3.05) is 6.54 Å². The average molecular weight is 318 g/mol. The monoisotopic (exact) mass is 317 g/mol. The van der Waals surface area contributed by atoms with Gasteiger partial charge in [0.1, 0.15) is 4.90 Å². The molecule has 1 heterocycles. The van der Waals surface area contributed by atoms with Crippen LogP contribution in [-0.2, 0) is 16.6 Å². The first-order valence-electron chi connectivity index (χ1n) is 6.79. The minimum absolute atomic E-state index is 0.0221. The minimum Gasteiger partial charge on any atom is -0.392 e. The van der Waals surface area contributed by atoms with Crippen LogP contribution in [0.1, 0.15) is 32.3 Å². The third-order valence-corrected chi connectivity index (χ3v) is 6.19. The fourth-order valence-corrected chi connectivity index (χ4v) is 5.05. The highest BCUT2D eigenvalue weighted by atomic mass is 35.5. The van der Waals surface area contributed by atoms with Gasteiger partial charge in [-0.15, -0.1) is 0 Å². The number of halogens is 1. The quantitative estimate of drug-likeness (QED) is 0.928. The van der Waals surface area contributed by atoms with E-state index in [1.54, 1.807) is 10.4 Å². The number of hydrogen-bond donors (Lipinski definition) is 1. The Morgan fingerprint density at radius 1 is 1.45 bits per heavy atom. The summed E-state index contributed by atoms with van der Waals surface area (Å²) in [7, 11) is -3.61. The Bertz CT molecular complexity index is 586. The van der Waals surface area contributed by atoms with Crippen molar-refractivity contribution < 1.29 is 13.5 Å². The van der Waals surface area contributed by atoms with Gasteiger partial charge in [-0.1, -0.05) is 31.5 Å². The van der Waals surface area contributed by atoms with Gasteiger partial charge in [0.25, 0.3) is 0 Å². The van der Waals surface area contributed by atoms with Crippen molar-refractivity contribution in [3.63, 3.8) is 0 Å². The van der Waals surface area contributed by atoms with Crippen LogP contribution in [0.3, 0.4) is 0 Å². The highest BCUT2D eigenvalue weighted by Gasteiger charge is 2.37. The van der Waals surface area contributed by atoms with Crippen LogP contribution in [-0.4, -0.2) is 30.4 Å². The molecule has 1 aromatic carbocycles. The van der Waals surface area contributed by atoms with E-state index in [0.29, 0.717) is 12.1 Å². The maximum Gasteiger partial charge on any atom is 0.244 e. The van der Waals surface area contributed by atoms with E-state index in [4.69, 9.17) is 11.6 Å². The molecule has 1 atom stereocenters. The molecule has 0 bridgehead atoms. The summed E-state index contributed by atoms with van der Waals surface area (Å²) in [4.78, 5) is 0.0956. The van der Waals surface area contributed by atoms with Crippen LogP contribution in [0.25, 0.3) is 0 Å². The van der Waals surface area contributed by atoms with Crippen molar-refractivity contribution in [3.8, 4) is 0 Å². The zero-order valence-electron chi connectivity index (χ0n) is 11.7. The molecule has 112 valence electrons. The normalized spacial score (nSPS) is 20.8. The first-order valence-corrected chi connectivity index (χ1v) is 8.61. The molecule has 0 aromatic heterocycles. The fraction of sp³-hybridized carbons (Fsp3) is 0.571. The van der Waals surface area contributed by atoms with Crippen LogP contribution < -0.4 is 0 Å². The highest BCUT2D eigenvalue weighted by Crippen LogP contribution is 2.33. The Kier molecular flexibility index (Phi) is 4.74. The largest absolute Gasteiger partial charge is 0.392 e. The van der Waals surface area contributed by atoms with E-state index in [9.17, 15) is 13.5 Å². The second-order valence-corrected chi connectivity index (χ2v) is 7.76. The van der Waals surface area contributed by atoms with E-state index in [1.807, 2.05) is 13.8 Å². The minimum atomic E-state index is -3.61. The van der Waals surface area contributed by atoms with Crippen molar-refractivity contribution in [1.29, 1.82) is 0 Å². The number of aliphatic hydroxyl groups excluding tert-OH is 1. The van der Waals surface area contributed by atoms with Gasteiger partial charge in [-0.3, -0.25) is 0 Å². The van der Waals surface area contributed by atoms with E-state index in [1.165, 1.54) is 12.1 Å². The Balaban J connectivity index is 2.44. The third kappa shape index (κ3) is 2.86. The van der Waals surface area contributed by atoms with Crippen LogP contribution in [0, 0.1) is 5.92 Å². The topological polar surface area (TPSA) is 57.6 Å². The molecule has 0 aliphatic carbocycles. The van der Waals surface area contributed by atoms with Gasteiger partial charge in [0, 0.05) is 12.6 Å². The molecule has 0 saturated carbocycles. The summed E-state index contributed by atoms with van der Waals surface area (Å²) in [6.45, 7) is 4.40. The van der Waals surface area contributed by atoms with Gasteiger partial charge in [0.05, 0.1) is 11.6 Å². The van der Waals surface area contributed by atoms with E-state index in [-0.39, 0.29) is 28.5 Å². The van der Waals surface area contributed by atoms with Crippen molar-refractivity contribution in [3.05, 3.63) is 28.8 Å². The zero-order valence-corrected chi connectivity index (χ0v) is 13.3. The molecule has 1 aliphatic rings. The van der Waals surface area contributed by atoms with Crippen LogP contribution in [0.4, 0.5) is 0 Å². The first kappa shape index (κ1) is 15.8. The molecular formula is C14H20ClNO3S.